The van der Waals surface area contributed by atoms with Crippen molar-refractivity contribution >= 4 is 22.7 Å². The number of aromatic hydroxyl groups is 1. The van der Waals surface area contributed by atoms with E-state index in [4.69, 9.17) is 4.98 Å². The van der Waals surface area contributed by atoms with Gasteiger partial charge in [0.1, 0.15) is 11.1 Å². The lowest BCUT2D eigenvalue weighted by Gasteiger charge is -2.36. The summed E-state index contributed by atoms with van der Waals surface area (Å²) in [6.07, 6.45) is 1.58. The molecular formula is C19H24N6O2. The van der Waals surface area contributed by atoms with Crippen molar-refractivity contribution < 1.29 is 5.11 Å². The van der Waals surface area contributed by atoms with Gasteiger partial charge in [0, 0.05) is 31.9 Å². The van der Waals surface area contributed by atoms with Crippen molar-refractivity contribution in [3.8, 4) is 5.75 Å². The minimum atomic E-state index is -0.253. The third-order valence-corrected chi connectivity index (χ3v) is 4.86. The zero-order chi connectivity index (χ0) is 19.2. The van der Waals surface area contributed by atoms with E-state index >= 15 is 0 Å². The number of phenolic OH excluding ortho intramolecular Hbond substituents is 1. The highest BCUT2D eigenvalue weighted by atomic mass is 16.3. The molecule has 3 heterocycles. The van der Waals surface area contributed by atoms with Crippen molar-refractivity contribution in [3.63, 3.8) is 0 Å². The zero-order valence-electron chi connectivity index (χ0n) is 15.8. The second-order valence-corrected chi connectivity index (χ2v) is 7.84. The van der Waals surface area contributed by atoms with E-state index in [9.17, 15) is 9.90 Å². The van der Waals surface area contributed by atoms with Gasteiger partial charge in [-0.3, -0.25) is 9.78 Å². The Morgan fingerprint density at radius 1 is 1.04 bits per heavy atom. The Morgan fingerprint density at radius 3 is 2.30 bits per heavy atom. The van der Waals surface area contributed by atoms with E-state index in [0.29, 0.717) is 17.0 Å². The fourth-order valence-corrected chi connectivity index (χ4v) is 3.39. The lowest BCUT2D eigenvalue weighted by Crippen LogP contribution is -2.47. The average molecular weight is 368 g/mol. The van der Waals surface area contributed by atoms with Gasteiger partial charge < -0.3 is 14.9 Å². The van der Waals surface area contributed by atoms with Crippen LogP contribution in [0.2, 0.25) is 0 Å². The monoisotopic (exact) mass is 368 g/mol. The summed E-state index contributed by atoms with van der Waals surface area (Å²) in [7, 11) is 0. The Bertz CT molecular complexity index is 1010. The minimum absolute atomic E-state index is 0.161. The highest BCUT2D eigenvalue weighted by Crippen LogP contribution is 2.22. The summed E-state index contributed by atoms with van der Waals surface area (Å²) in [5.41, 5.74) is 1.28. The molecule has 1 fully saturated rings. The largest absolute Gasteiger partial charge is 0.508 e. The van der Waals surface area contributed by atoms with Gasteiger partial charge in [0.05, 0.1) is 11.7 Å². The van der Waals surface area contributed by atoms with E-state index < -0.39 is 0 Å². The van der Waals surface area contributed by atoms with Crippen molar-refractivity contribution in [1.29, 1.82) is 0 Å². The number of hydrogen-bond donors (Lipinski definition) is 2. The van der Waals surface area contributed by atoms with Gasteiger partial charge in [-0.15, -0.1) is 0 Å². The standard InChI is InChI=1S/C19H24N6O2/c1-19(2,3)25-16-15(12-20-25)17(27)22-18(21-16)24-10-8-23(9-11-24)13-4-6-14(26)7-5-13/h4-7,12,26H,8-11H2,1-3H3,(H,21,22,27). The maximum absolute atomic E-state index is 12.5. The molecule has 0 bridgehead atoms. The molecule has 3 aromatic rings. The smallest absolute Gasteiger partial charge is 0.263 e. The molecule has 0 spiro atoms. The third kappa shape index (κ3) is 3.22. The Kier molecular flexibility index (Phi) is 4.05. The summed E-state index contributed by atoms with van der Waals surface area (Å²) in [4.78, 5) is 24.5. The predicted molar refractivity (Wildman–Crippen MR) is 106 cm³/mol. The lowest BCUT2D eigenvalue weighted by molar-refractivity contribution is 0.366. The molecule has 1 aliphatic rings. The average Bonchev–Trinajstić information content (AvgIpc) is 3.07. The van der Waals surface area contributed by atoms with Gasteiger partial charge in [-0.1, -0.05) is 0 Å². The molecule has 0 radical (unpaired) electrons. The van der Waals surface area contributed by atoms with Crippen LogP contribution in [0.15, 0.2) is 35.3 Å². The molecular weight excluding hydrogens is 344 g/mol. The van der Waals surface area contributed by atoms with Crippen LogP contribution in [-0.4, -0.2) is 51.0 Å². The summed E-state index contributed by atoms with van der Waals surface area (Å²) < 4.78 is 1.80. The number of anilines is 2. The van der Waals surface area contributed by atoms with Gasteiger partial charge in [-0.05, 0) is 45.0 Å². The number of hydrogen-bond acceptors (Lipinski definition) is 6. The summed E-state index contributed by atoms with van der Waals surface area (Å²) in [5.74, 6) is 0.853. The van der Waals surface area contributed by atoms with Crippen LogP contribution >= 0.6 is 0 Å². The molecule has 8 nitrogen and oxygen atoms in total. The van der Waals surface area contributed by atoms with E-state index in [2.05, 4.69) is 19.9 Å². The van der Waals surface area contributed by atoms with E-state index in [1.54, 1.807) is 23.0 Å². The van der Waals surface area contributed by atoms with Crippen LogP contribution in [0.3, 0.4) is 0 Å². The second kappa shape index (κ2) is 6.29. The van der Waals surface area contributed by atoms with E-state index in [1.165, 1.54) is 0 Å². The molecule has 4 rings (SSSR count). The first kappa shape index (κ1) is 17.4. The molecule has 0 saturated carbocycles. The molecule has 8 heteroatoms. The maximum Gasteiger partial charge on any atom is 0.263 e. The van der Waals surface area contributed by atoms with Crippen LogP contribution in [0.1, 0.15) is 20.8 Å². The summed E-state index contributed by atoms with van der Waals surface area (Å²) in [6.45, 7) is 9.24. The van der Waals surface area contributed by atoms with Gasteiger partial charge in [-0.25, -0.2) is 4.68 Å². The van der Waals surface area contributed by atoms with Crippen molar-refractivity contribution in [1.82, 2.24) is 19.7 Å². The van der Waals surface area contributed by atoms with Crippen LogP contribution in [0, 0.1) is 0 Å². The van der Waals surface area contributed by atoms with Crippen LogP contribution in [-0.2, 0) is 5.54 Å². The van der Waals surface area contributed by atoms with E-state index in [-0.39, 0.29) is 16.8 Å². The van der Waals surface area contributed by atoms with Gasteiger partial charge >= 0.3 is 0 Å². The molecule has 27 heavy (non-hydrogen) atoms. The number of nitrogens with one attached hydrogen (secondary N) is 1. The fraction of sp³-hybridized carbons (Fsp3) is 0.421. The molecule has 1 aromatic carbocycles. The minimum Gasteiger partial charge on any atom is -0.508 e. The molecule has 142 valence electrons. The fourth-order valence-electron chi connectivity index (χ4n) is 3.39. The third-order valence-electron chi connectivity index (χ3n) is 4.86. The normalized spacial score (nSPS) is 15.5. The Labute approximate surface area is 157 Å². The lowest BCUT2D eigenvalue weighted by atomic mass is 10.1. The van der Waals surface area contributed by atoms with Crippen molar-refractivity contribution in [3.05, 3.63) is 40.8 Å². The second-order valence-electron chi connectivity index (χ2n) is 7.84. The first-order valence-corrected chi connectivity index (χ1v) is 9.10. The number of rotatable bonds is 2. The summed E-state index contributed by atoms with van der Waals surface area (Å²) in [5, 5.41) is 14.3. The van der Waals surface area contributed by atoms with E-state index in [0.717, 1.165) is 31.9 Å². The number of piperazine rings is 1. The van der Waals surface area contributed by atoms with Crippen LogP contribution in [0.25, 0.3) is 11.0 Å². The van der Waals surface area contributed by atoms with Crippen molar-refractivity contribution in [2.24, 2.45) is 0 Å². The molecule has 2 aromatic heterocycles. The van der Waals surface area contributed by atoms with Gasteiger partial charge in [0.15, 0.2) is 5.65 Å². The number of phenols is 1. The summed E-state index contributed by atoms with van der Waals surface area (Å²) >= 11 is 0. The van der Waals surface area contributed by atoms with Gasteiger partial charge in [0.2, 0.25) is 5.95 Å². The summed E-state index contributed by atoms with van der Waals surface area (Å²) in [6, 6.07) is 7.22. The molecule has 1 saturated heterocycles. The first-order valence-electron chi connectivity index (χ1n) is 9.10. The quantitative estimate of drug-likeness (QED) is 0.718. The zero-order valence-corrected chi connectivity index (χ0v) is 15.8. The van der Waals surface area contributed by atoms with Crippen molar-refractivity contribution in [2.75, 3.05) is 36.0 Å². The number of nitrogens with zero attached hydrogens (tertiary/aromatic N) is 5. The SMILES string of the molecule is CC(C)(C)n1ncc2c(=O)[nH]c(N3CCN(c4ccc(O)cc4)CC3)nc21. The Morgan fingerprint density at radius 2 is 1.67 bits per heavy atom. The topological polar surface area (TPSA) is 90.3 Å². The van der Waals surface area contributed by atoms with Crippen molar-refractivity contribution in [2.45, 2.75) is 26.3 Å². The number of fused-ring (bicyclic) bond motifs is 1. The number of aromatic amines is 1. The van der Waals surface area contributed by atoms with Gasteiger partial charge in [-0.2, -0.15) is 10.1 Å². The number of aromatic nitrogens is 4. The highest BCUT2D eigenvalue weighted by molar-refractivity contribution is 5.74. The van der Waals surface area contributed by atoms with Gasteiger partial charge in [0.25, 0.3) is 5.56 Å². The Hall–Kier alpha value is -3.03. The van der Waals surface area contributed by atoms with E-state index in [1.807, 2.05) is 32.9 Å². The molecule has 1 aliphatic heterocycles. The Balaban J connectivity index is 1.58. The highest BCUT2D eigenvalue weighted by Gasteiger charge is 2.23. The van der Waals surface area contributed by atoms with Crippen LogP contribution in [0.4, 0.5) is 11.6 Å². The molecule has 0 aliphatic carbocycles. The maximum atomic E-state index is 12.5. The number of benzene rings is 1. The molecule has 0 unspecified atom stereocenters. The van der Waals surface area contributed by atoms with Crippen LogP contribution in [0.5, 0.6) is 5.75 Å². The molecule has 2 N–H and O–H groups in total. The predicted octanol–water partition coefficient (Wildman–Crippen LogP) is 1.91. The first-order chi connectivity index (χ1) is 12.8. The van der Waals surface area contributed by atoms with Crippen LogP contribution < -0.4 is 15.4 Å². The number of H-pyrrole nitrogens is 1. The molecule has 0 atom stereocenters. The molecule has 0 amide bonds.